The number of amides is 1. The normalized spacial score (nSPS) is 12.5. The lowest BCUT2D eigenvalue weighted by molar-refractivity contribution is 0.0913. The van der Waals surface area contributed by atoms with Gasteiger partial charge >= 0.3 is 0 Å². The maximum absolute atomic E-state index is 11.6. The van der Waals surface area contributed by atoms with Crippen LogP contribution in [0, 0.1) is 0 Å². The number of halogens is 2. The fraction of sp³-hybridized carbons (Fsp3) is 0.444. The van der Waals surface area contributed by atoms with Crippen LogP contribution in [-0.2, 0) is 0 Å². The SMILES string of the molecule is CCC(O)CNC(=O)c1cc(Br)sc1Br. The van der Waals surface area contributed by atoms with Gasteiger partial charge in [-0.05, 0) is 44.3 Å². The second-order valence-corrected chi connectivity index (χ2v) is 6.76. The van der Waals surface area contributed by atoms with Gasteiger partial charge in [0.25, 0.3) is 5.91 Å². The lowest BCUT2D eigenvalue weighted by atomic mass is 10.2. The fourth-order valence-electron chi connectivity index (χ4n) is 0.945. The summed E-state index contributed by atoms with van der Waals surface area (Å²) in [5.74, 6) is -0.170. The number of rotatable bonds is 4. The number of aliphatic hydroxyl groups is 1. The van der Waals surface area contributed by atoms with Gasteiger partial charge in [0.15, 0.2) is 0 Å². The van der Waals surface area contributed by atoms with Gasteiger partial charge in [0, 0.05) is 6.54 Å². The zero-order valence-corrected chi connectivity index (χ0v) is 12.1. The van der Waals surface area contributed by atoms with Crippen molar-refractivity contribution >= 4 is 49.1 Å². The molecule has 0 spiro atoms. The molecule has 1 atom stereocenters. The van der Waals surface area contributed by atoms with Crippen LogP contribution in [0.2, 0.25) is 0 Å². The van der Waals surface area contributed by atoms with Gasteiger partial charge in [0.1, 0.15) is 0 Å². The molecule has 1 heterocycles. The van der Waals surface area contributed by atoms with Gasteiger partial charge in [-0.15, -0.1) is 11.3 Å². The zero-order chi connectivity index (χ0) is 11.4. The lowest BCUT2D eigenvalue weighted by Gasteiger charge is -2.08. The van der Waals surface area contributed by atoms with Crippen LogP contribution in [-0.4, -0.2) is 23.7 Å². The van der Waals surface area contributed by atoms with Crippen LogP contribution in [0.4, 0.5) is 0 Å². The van der Waals surface area contributed by atoms with E-state index in [1.54, 1.807) is 6.07 Å². The molecule has 1 aromatic heterocycles. The summed E-state index contributed by atoms with van der Waals surface area (Å²) in [6, 6.07) is 1.75. The molecule has 6 heteroatoms. The molecular formula is C9H11Br2NO2S. The molecule has 1 rings (SSSR count). The maximum Gasteiger partial charge on any atom is 0.253 e. The van der Waals surface area contributed by atoms with E-state index in [1.165, 1.54) is 11.3 Å². The van der Waals surface area contributed by atoms with Gasteiger partial charge in [-0.25, -0.2) is 0 Å². The fourth-order valence-corrected chi connectivity index (χ4v) is 3.74. The van der Waals surface area contributed by atoms with Crippen molar-refractivity contribution in [2.45, 2.75) is 19.4 Å². The molecule has 2 N–H and O–H groups in total. The first-order valence-corrected chi connectivity index (χ1v) is 6.86. The number of carbonyl (C=O) groups excluding carboxylic acids is 1. The maximum atomic E-state index is 11.6. The van der Waals surface area contributed by atoms with Crippen LogP contribution < -0.4 is 5.32 Å². The summed E-state index contributed by atoms with van der Waals surface area (Å²) < 4.78 is 1.69. The first kappa shape index (κ1) is 13.2. The molecule has 1 aromatic rings. The van der Waals surface area contributed by atoms with Crippen molar-refractivity contribution < 1.29 is 9.90 Å². The summed E-state index contributed by atoms with van der Waals surface area (Å²) in [6.45, 7) is 2.16. The second-order valence-electron chi connectivity index (χ2n) is 3.01. The van der Waals surface area contributed by atoms with E-state index in [1.807, 2.05) is 6.92 Å². The number of aliphatic hydroxyl groups excluding tert-OH is 1. The summed E-state index contributed by atoms with van der Waals surface area (Å²) in [5, 5.41) is 12.0. The minimum atomic E-state index is -0.477. The van der Waals surface area contributed by atoms with E-state index in [9.17, 15) is 9.90 Å². The number of hydrogen-bond acceptors (Lipinski definition) is 3. The van der Waals surface area contributed by atoms with Crippen LogP contribution >= 0.6 is 43.2 Å². The summed E-state index contributed by atoms with van der Waals surface area (Å²) >= 11 is 8.06. The molecule has 15 heavy (non-hydrogen) atoms. The van der Waals surface area contributed by atoms with Crippen LogP contribution in [0.15, 0.2) is 13.6 Å². The molecule has 0 fully saturated rings. The summed E-state index contributed by atoms with van der Waals surface area (Å²) in [6.07, 6.45) is 0.157. The highest BCUT2D eigenvalue weighted by atomic mass is 79.9. The Morgan fingerprint density at radius 2 is 2.33 bits per heavy atom. The number of thiophene rings is 1. The van der Waals surface area contributed by atoms with Crippen LogP contribution in [0.1, 0.15) is 23.7 Å². The van der Waals surface area contributed by atoms with Gasteiger partial charge in [0.05, 0.1) is 19.2 Å². The van der Waals surface area contributed by atoms with E-state index < -0.39 is 6.10 Å². The van der Waals surface area contributed by atoms with Crippen molar-refractivity contribution in [3.8, 4) is 0 Å². The lowest BCUT2D eigenvalue weighted by Crippen LogP contribution is -2.31. The highest BCUT2D eigenvalue weighted by Crippen LogP contribution is 2.31. The van der Waals surface area contributed by atoms with Crippen LogP contribution in [0.25, 0.3) is 0 Å². The molecule has 0 aromatic carbocycles. The molecule has 84 valence electrons. The van der Waals surface area contributed by atoms with Crippen LogP contribution in [0.5, 0.6) is 0 Å². The third kappa shape index (κ3) is 3.86. The predicted octanol–water partition coefficient (Wildman–Crippen LogP) is 2.77. The molecule has 1 unspecified atom stereocenters. The third-order valence-electron chi connectivity index (χ3n) is 1.87. The van der Waals surface area contributed by atoms with Crippen molar-refractivity contribution in [3.63, 3.8) is 0 Å². The highest BCUT2D eigenvalue weighted by Gasteiger charge is 2.14. The first-order valence-electron chi connectivity index (χ1n) is 4.45. The average Bonchev–Trinajstić information content (AvgIpc) is 2.53. The monoisotopic (exact) mass is 355 g/mol. The Labute approximate surface area is 109 Å². The van der Waals surface area contributed by atoms with E-state index in [4.69, 9.17) is 0 Å². The minimum absolute atomic E-state index is 0.170. The molecule has 0 bridgehead atoms. The Bertz CT molecular complexity index is 354. The van der Waals surface area contributed by atoms with Crippen molar-refractivity contribution in [1.82, 2.24) is 5.32 Å². The molecular weight excluding hydrogens is 346 g/mol. The Balaban J connectivity index is 2.58. The Kier molecular flexibility index (Phi) is 5.25. The van der Waals surface area contributed by atoms with Crippen molar-refractivity contribution in [1.29, 1.82) is 0 Å². The second kappa shape index (κ2) is 5.98. The molecule has 1 amide bonds. The van der Waals surface area contributed by atoms with Gasteiger partial charge < -0.3 is 10.4 Å². The number of hydrogen-bond donors (Lipinski definition) is 2. The third-order valence-corrected chi connectivity index (χ3v) is 4.21. The topological polar surface area (TPSA) is 49.3 Å². The number of nitrogens with one attached hydrogen (secondary N) is 1. The quantitative estimate of drug-likeness (QED) is 0.871. The van der Waals surface area contributed by atoms with E-state index in [0.717, 1.165) is 7.57 Å². The Hall–Kier alpha value is 0.0900. The Morgan fingerprint density at radius 1 is 1.67 bits per heavy atom. The molecule has 0 aliphatic carbocycles. The number of carbonyl (C=O) groups is 1. The Morgan fingerprint density at radius 3 is 2.80 bits per heavy atom. The van der Waals surface area contributed by atoms with E-state index in [2.05, 4.69) is 37.2 Å². The molecule has 0 saturated heterocycles. The van der Waals surface area contributed by atoms with Crippen molar-refractivity contribution in [2.24, 2.45) is 0 Å². The summed E-state index contributed by atoms with van der Waals surface area (Å²) in [5.41, 5.74) is 0.593. The standard InChI is InChI=1S/C9H11Br2NO2S/c1-2-5(13)4-12-9(14)6-3-7(10)15-8(6)11/h3,5,13H,2,4H2,1H3,(H,12,14). The smallest absolute Gasteiger partial charge is 0.253 e. The van der Waals surface area contributed by atoms with Gasteiger partial charge in [0.2, 0.25) is 0 Å². The highest BCUT2D eigenvalue weighted by molar-refractivity contribution is 9.12. The summed E-state index contributed by atoms with van der Waals surface area (Å²) in [4.78, 5) is 11.6. The van der Waals surface area contributed by atoms with E-state index in [-0.39, 0.29) is 12.5 Å². The molecule has 0 radical (unpaired) electrons. The molecule has 0 saturated carbocycles. The van der Waals surface area contributed by atoms with E-state index >= 15 is 0 Å². The average molecular weight is 357 g/mol. The van der Waals surface area contributed by atoms with Gasteiger partial charge in [-0.1, -0.05) is 6.92 Å². The van der Waals surface area contributed by atoms with E-state index in [0.29, 0.717) is 12.0 Å². The van der Waals surface area contributed by atoms with Crippen molar-refractivity contribution in [2.75, 3.05) is 6.54 Å². The van der Waals surface area contributed by atoms with Gasteiger partial charge in [-0.3, -0.25) is 4.79 Å². The summed E-state index contributed by atoms with van der Waals surface area (Å²) in [7, 11) is 0. The largest absolute Gasteiger partial charge is 0.391 e. The van der Waals surface area contributed by atoms with Crippen LogP contribution in [0.3, 0.4) is 0 Å². The predicted molar refractivity (Wildman–Crippen MR) is 68.4 cm³/mol. The molecule has 0 aliphatic rings. The molecule has 3 nitrogen and oxygen atoms in total. The minimum Gasteiger partial charge on any atom is -0.391 e. The zero-order valence-electron chi connectivity index (χ0n) is 8.09. The first-order chi connectivity index (χ1) is 7.04. The molecule has 0 aliphatic heterocycles. The van der Waals surface area contributed by atoms with Crippen molar-refractivity contribution in [3.05, 3.63) is 19.2 Å². The van der Waals surface area contributed by atoms with Gasteiger partial charge in [-0.2, -0.15) is 0 Å².